The summed E-state index contributed by atoms with van der Waals surface area (Å²) in [6, 6.07) is 20.5. The molecule has 0 radical (unpaired) electrons. The molecule has 0 N–H and O–H groups in total. The van der Waals surface area contributed by atoms with Gasteiger partial charge >= 0.3 is 0 Å². The Bertz CT molecular complexity index is 579. The average Bonchev–Trinajstić information content (AvgIpc) is 2.56. The number of likely N-dealkylation sites (tertiary alicyclic amines) is 1. The van der Waals surface area contributed by atoms with Crippen LogP contribution in [-0.2, 0) is 6.42 Å². The van der Waals surface area contributed by atoms with Crippen molar-refractivity contribution in [3.8, 4) is 0 Å². The highest BCUT2D eigenvalue weighted by Crippen LogP contribution is 2.22. The van der Waals surface area contributed by atoms with E-state index in [1.165, 1.54) is 12.0 Å². The first-order valence-electron chi connectivity index (χ1n) is 7.74. The van der Waals surface area contributed by atoms with Gasteiger partial charge in [-0.25, -0.2) is 0 Å². The smallest absolute Gasteiger partial charge is 0.254 e. The van der Waals surface area contributed by atoms with Crippen molar-refractivity contribution in [1.82, 2.24) is 4.90 Å². The molecule has 0 bridgehead atoms. The van der Waals surface area contributed by atoms with Gasteiger partial charge in [0.25, 0.3) is 5.91 Å². The van der Waals surface area contributed by atoms with Crippen LogP contribution in [0.4, 0.5) is 0 Å². The largest absolute Gasteiger partial charge is 0.335 e. The number of hydrogen-bond acceptors (Lipinski definition) is 1. The van der Waals surface area contributed by atoms with Gasteiger partial charge in [-0.1, -0.05) is 48.5 Å². The fourth-order valence-corrected chi connectivity index (χ4v) is 3.11. The lowest BCUT2D eigenvalue weighted by Crippen LogP contribution is -2.44. The van der Waals surface area contributed by atoms with Crippen LogP contribution in [0.5, 0.6) is 0 Å². The Morgan fingerprint density at radius 3 is 2.33 bits per heavy atom. The van der Waals surface area contributed by atoms with Crippen molar-refractivity contribution in [2.24, 2.45) is 0 Å². The van der Waals surface area contributed by atoms with E-state index in [1.807, 2.05) is 36.4 Å². The Labute approximate surface area is 126 Å². The molecular weight excluding hydrogens is 258 g/mol. The van der Waals surface area contributed by atoms with Gasteiger partial charge < -0.3 is 4.90 Å². The molecule has 1 aliphatic heterocycles. The summed E-state index contributed by atoms with van der Waals surface area (Å²) in [6.07, 6.45) is 4.40. The van der Waals surface area contributed by atoms with Gasteiger partial charge in [0.15, 0.2) is 0 Å². The van der Waals surface area contributed by atoms with Gasteiger partial charge in [-0.3, -0.25) is 4.79 Å². The van der Waals surface area contributed by atoms with Crippen molar-refractivity contribution in [2.75, 3.05) is 6.54 Å². The van der Waals surface area contributed by atoms with Crippen LogP contribution in [0.25, 0.3) is 0 Å². The molecule has 21 heavy (non-hydrogen) atoms. The topological polar surface area (TPSA) is 20.3 Å². The van der Waals surface area contributed by atoms with E-state index < -0.39 is 0 Å². The summed E-state index contributed by atoms with van der Waals surface area (Å²) in [7, 11) is 0. The molecule has 1 aliphatic rings. The zero-order valence-corrected chi connectivity index (χ0v) is 12.2. The van der Waals surface area contributed by atoms with E-state index in [-0.39, 0.29) is 5.91 Å². The monoisotopic (exact) mass is 279 g/mol. The zero-order chi connectivity index (χ0) is 14.5. The molecule has 1 fully saturated rings. The third-order valence-electron chi connectivity index (χ3n) is 4.22. The minimum atomic E-state index is 0.177. The number of carbonyl (C=O) groups excluding carboxylic acids is 1. The van der Waals surface area contributed by atoms with E-state index in [4.69, 9.17) is 0 Å². The highest BCUT2D eigenvalue weighted by molar-refractivity contribution is 5.94. The van der Waals surface area contributed by atoms with Crippen molar-refractivity contribution in [2.45, 2.75) is 31.7 Å². The second-order valence-electron chi connectivity index (χ2n) is 5.70. The van der Waals surface area contributed by atoms with Gasteiger partial charge in [0, 0.05) is 18.2 Å². The van der Waals surface area contributed by atoms with Crippen LogP contribution < -0.4 is 0 Å². The van der Waals surface area contributed by atoms with E-state index in [2.05, 4.69) is 29.2 Å². The highest BCUT2D eigenvalue weighted by atomic mass is 16.2. The van der Waals surface area contributed by atoms with Gasteiger partial charge in [-0.2, -0.15) is 0 Å². The van der Waals surface area contributed by atoms with Gasteiger partial charge in [-0.05, 0) is 43.4 Å². The molecule has 0 saturated carbocycles. The van der Waals surface area contributed by atoms with Crippen molar-refractivity contribution in [3.63, 3.8) is 0 Å². The summed E-state index contributed by atoms with van der Waals surface area (Å²) in [4.78, 5) is 14.8. The maximum atomic E-state index is 12.7. The predicted molar refractivity (Wildman–Crippen MR) is 85.3 cm³/mol. The lowest BCUT2D eigenvalue weighted by atomic mass is 9.95. The van der Waals surface area contributed by atoms with Crippen LogP contribution in [-0.4, -0.2) is 23.4 Å². The van der Waals surface area contributed by atoms with E-state index in [1.54, 1.807) is 0 Å². The number of hydrogen-bond donors (Lipinski definition) is 0. The summed E-state index contributed by atoms with van der Waals surface area (Å²) < 4.78 is 0. The average molecular weight is 279 g/mol. The first-order chi connectivity index (χ1) is 10.3. The van der Waals surface area contributed by atoms with E-state index in [0.29, 0.717) is 6.04 Å². The minimum Gasteiger partial charge on any atom is -0.335 e. The molecule has 1 amide bonds. The molecule has 1 atom stereocenters. The first-order valence-corrected chi connectivity index (χ1v) is 7.74. The van der Waals surface area contributed by atoms with Gasteiger partial charge in [0.2, 0.25) is 0 Å². The lowest BCUT2D eigenvalue weighted by Gasteiger charge is -2.36. The van der Waals surface area contributed by atoms with Crippen LogP contribution in [0.2, 0.25) is 0 Å². The Balaban J connectivity index is 1.77. The van der Waals surface area contributed by atoms with Crippen molar-refractivity contribution < 1.29 is 4.79 Å². The summed E-state index contributed by atoms with van der Waals surface area (Å²) >= 11 is 0. The second-order valence-corrected chi connectivity index (χ2v) is 5.70. The molecule has 2 nitrogen and oxygen atoms in total. The summed E-state index contributed by atoms with van der Waals surface area (Å²) in [5.41, 5.74) is 2.12. The molecule has 108 valence electrons. The summed E-state index contributed by atoms with van der Waals surface area (Å²) in [5.74, 6) is 0.177. The number of piperidine rings is 1. The third-order valence-corrected chi connectivity index (χ3v) is 4.22. The lowest BCUT2D eigenvalue weighted by molar-refractivity contribution is 0.0613. The second kappa shape index (κ2) is 6.57. The van der Waals surface area contributed by atoms with Crippen LogP contribution in [0.15, 0.2) is 60.7 Å². The molecule has 3 rings (SSSR count). The van der Waals surface area contributed by atoms with E-state index in [9.17, 15) is 4.79 Å². The fraction of sp³-hybridized carbons (Fsp3) is 0.316. The molecular formula is C19H21NO. The molecule has 2 heteroatoms. The van der Waals surface area contributed by atoms with Crippen LogP contribution in [0, 0.1) is 0 Å². The Morgan fingerprint density at radius 1 is 0.952 bits per heavy atom. The number of amides is 1. The number of rotatable bonds is 3. The van der Waals surface area contributed by atoms with Gasteiger partial charge in [0.05, 0.1) is 0 Å². The predicted octanol–water partition coefficient (Wildman–Crippen LogP) is 3.92. The Morgan fingerprint density at radius 2 is 1.62 bits per heavy atom. The zero-order valence-electron chi connectivity index (χ0n) is 12.2. The van der Waals surface area contributed by atoms with Crippen molar-refractivity contribution in [3.05, 3.63) is 71.8 Å². The molecule has 2 aromatic carbocycles. The molecule has 0 spiro atoms. The van der Waals surface area contributed by atoms with Crippen LogP contribution in [0.3, 0.4) is 0 Å². The number of carbonyl (C=O) groups is 1. The van der Waals surface area contributed by atoms with Gasteiger partial charge in [-0.15, -0.1) is 0 Å². The molecule has 2 aromatic rings. The number of nitrogens with zero attached hydrogens (tertiary/aromatic N) is 1. The van der Waals surface area contributed by atoms with Crippen molar-refractivity contribution >= 4 is 5.91 Å². The maximum absolute atomic E-state index is 12.7. The highest BCUT2D eigenvalue weighted by Gasteiger charge is 2.27. The Hall–Kier alpha value is -2.09. The SMILES string of the molecule is O=C(c1ccccc1)N1CCCCC1Cc1ccccc1. The summed E-state index contributed by atoms with van der Waals surface area (Å²) in [5, 5.41) is 0. The third kappa shape index (κ3) is 3.33. The molecule has 0 aliphatic carbocycles. The standard InChI is InChI=1S/C19H21NO/c21-19(17-11-5-2-6-12-17)20-14-8-7-13-18(20)15-16-9-3-1-4-10-16/h1-6,9-12,18H,7-8,13-15H2. The summed E-state index contributed by atoms with van der Waals surface area (Å²) in [6.45, 7) is 0.880. The number of benzene rings is 2. The maximum Gasteiger partial charge on any atom is 0.254 e. The normalized spacial score (nSPS) is 18.5. The molecule has 0 aromatic heterocycles. The van der Waals surface area contributed by atoms with Crippen molar-refractivity contribution in [1.29, 1.82) is 0 Å². The van der Waals surface area contributed by atoms with E-state index >= 15 is 0 Å². The quantitative estimate of drug-likeness (QED) is 0.833. The Kier molecular flexibility index (Phi) is 4.34. The molecule has 1 saturated heterocycles. The van der Waals surface area contributed by atoms with Crippen LogP contribution in [0.1, 0.15) is 35.2 Å². The molecule has 1 heterocycles. The molecule has 1 unspecified atom stereocenters. The van der Waals surface area contributed by atoms with Crippen LogP contribution >= 0.6 is 0 Å². The van der Waals surface area contributed by atoms with Gasteiger partial charge in [0.1, 0.15) is 0 Å². The fourth-order valence-electron chi connectivity index (χ4n) is 3.11. The minimum absolute atomic E-state index is 0.177. The first kappa shape index (κ1) is 13.9. The van der Waals surface area contributed by atoms with E-state index in [0.717, 1.165) is 31.4 Å².